The van der Waals surface area contributed by atoms with Crippen molar-refractivity contribution in [1.29, 1.82) is 0 Å². The Balaban J connectivity index is 2.12. The molecule has 0 aliphatic heterocycles. The summed E-state index contributed by atoms with van der Waals surface area (Å²) in [6, 6.07) is 8.30. The number of halogens is 3. The highest BCUT2D eigenvalue weighted by Crippen LogP contribution is 2.23. The third-order valence-corrected chi connectivity index (χ3v) is 4.59. The Morgan fingerprint density at radius 2 is 1.72 bits per heavy atom. The van der Waals surface area contributed by atoms with E-state index in [1.165, 1.54) is 22.9 Å². The third kappa shape index (κ3) is 3.95. The molecule has 0 unspecified atom stereocenters. The average Bonchev–Trinajstić information content (AvgIpc) is 2.64. The van der Waals surface area contributed by atoms with Crippen LogP contribution in [0.25, 0.3) is 5.69 Å². The molecule has 3 rings (SSSR count). The van der Waals surface area contributed by atoms with Gasteiger partial charge in [0.25, 0.3) is 5.56 Å². The first-order valence-corrected chi connectivity index (χ1v) is 8.82. The van der Waals surface area contributed by atoms with Crippen LogP contribution in [-0.2, 0) is 0 Å². The zero-order valence-electron chi connectivity index (χ0n) is 15.4. The number of pyridine rings is 1. The van der Waals surface area contributed by atoms with Crippen LogP contribution in [-0.4, -0.2) is 21.3 Å². The van der Waals surface area contributed by atoms with E-state index in [0.717, 1.165) is 12.1 Å². The molecular formula is C21H15ClF2N2O3. The number of carbonyl (C=O) groups is 1. The third-order valence-electron chi connectivity index (χ3n) is 4.37. The quantitative estimate of drug-likeness (QED) is 0.295. The molecule has 148 valence electrons. The van der Waals surface area contributed by atoms with E-state index in [-0.39, 0.29) is 11.1 Å². The standard InChI is InChI=1S/C21H15ClF2N2O3/c1-11-7-14(22)8-12(2)20(11)26-10-13(3-6-18(26)27)21(28)19(25-29)16-5-4-15(23)9-17(16)24/h3-10,29H,1-2H3. The van der Waals surface area contributed by atoms with E-state index in [1.807, 2.05) is 0 Å². The molecule has 1 heterocycles. The molecule has 0 aliphatic rings. The molecule has 0 saturated carbocycles. The lowest BCUT2D eigenvalue weighted by Gasteiger charge is -2.14. The molecule has 0 spiro atoms. The molecular weight excluding hydrogens is 402 g/mol. The minimum Gasteiger partial charge on any atom is -0.410 e. The van der Waals surface area contributed by atoms with Gasteiger partial charge in [-0.25, -0.2) is 8.78 Å². The number of oxime groups is 1. The van der Waals surface area contributed by atoms with Gasteiger partial charge in [0.15, 0.2) is 5.71 Å². The van der Waals surface area contributed by atoms with Crippen molar-refractivity contribution in [3.05, 3.63) is 97.9 Å². The minimum atomic E-state index is -1.05. The number of aryl methyl sites for hydroxylation is 2. The average molecular weight is 417 g/mol. The Morgan fingerprint density at radius 3 is 2.31 bits per heavy atom. The van der Waals surface area contributed by atoms with Gasteiger partial charge in [-0.1, -0.05) is 16.8 Å². The fourth-order valence-electron chi connectivity index (χ4n) is 3.12. The summed E-state index contributed by atoms with van der Waals surface area (Å²) in [7, 11) is 0. The van der Waals surface area contributed by atoms with E-state index in [9.17, 15) is 23.6 Å². The van der Waals surface area contributed by atoms with E-state index in [4.69, 9.17) is 11.6 Å². The maximum atomic E-state index is 14.1. The van der Waals surface area contributed by atoms with Crippen molar-refractivity contribution in [2.24, 2.45) is 5.16 Å². The molecule has 0 atom stereocenters. The monoisotopic (exact) mass is 416 g/mol. The lowest BCUT2D eigenvalue weighted by Crippen LogP contribution is -2.23. The Labute approximate surface area is 169 Å². The topological polar surface area (TPSA) is 71.7 Å². The number of hydrogen-bond donors (Lipinski definition) is 1. The van der Waals surface area contributed by atoms with Crippen molar-refractivity contribution in [2.45, 2.75) is 13.8 Å². The second-order valence-electron chi connectivity index (χ2n) is 6.42. The number of nitrogens with zero attached hydrogens (tertiary/aromatic N) is 2. The van der Waals surface area contributed by atoms with Gasteiger partial charge in [-0.15, -0.1) is 0 Å². The molecule has 0 radical (unpaired) electrons. The van der Waals surface area contributed by atoms with Crippen LogP contribution in [0.4, 0.5) is 8.78 Å². The van der Waals surface area contributed by atoms with Crippen LogP contribution in [0.3, 0.4) is 0 Å². The molecule has 0 fully saturated rings. The molecule has 1 aromatic heterocycles. The molecule has 0 aliphatic carbocycles. The SMILES string of the molecule is Cc1cc(Cl)cc(C)c1-n1cc(C(=O)C(=NO)c2ccc(F)cc2F)ccc1=O. The van der Waals surface area contributed by atoms with Gasteiger partial charge in [-0.2, -0.15) is 0 Å². The van der Waals surface area contributed by atoms with E-state index in [0.29, 0.717) is 27.9 Å². The van der Waals surface area contributed by atoms with Gasteiger partial charge in [0.05, 0.1) is 5.69 Å². The maximum absolute atomic E-state index is 14.1. The Morgan fingerprint density at radius 1 is 1.07 bits per heavy atom. The Bertz CT molecular complexity index is 1200. The van der Waals surface area contributed by atoms with Crippen LogP contribution in [0.15, 0.2) is 58.6 Å². The second kappa shape index (κ2) is 7.97. The Kier molecular flexibility index (Phi) is 5.61. The predicted molar refractivity (Wildman–Crippen MR) is 106 cm³/mol. The van der Waals surface area contributed by atoms with E-state index in [2.05, 4.69) is 5.16 Å². The van der Waals surface area contributed by atoms with Crippen LogP contribution in [0.2, 0.25) is 5.02 Å². The lowest BCUT2D eigenvalue weighted by molar-refractivity contribution is 0.106. The van der Waals surface area contributed by atoms with Crippen molar-refractivity contribution >= 4 is 23.1 Å². The smallest absolute Gasteiger partial charge is 0.255 e. The molecule has 1 N–H and O–H groups in total. The first-order valence-electron chi connectivity index (χ1n) is 8.45. The molecule has 5 nitrogen and oxygen atoms in total. The second-order valence-corrected chi connectivity index (χ2v) is 6.85. The first kappa shape index (κ1) is 20.4. The summed E-state index contributed by atoms with van der Waals surface area (Å²) in [5, 5.41) is 12.7. The number of Topliss-reactive ketones (excluding diaryl/α,β-unsaturated/α-hetero) is 1. The molecule has 2 aromatic carbocycles. The fourth-order valence-corrected chi connectivity index (χ4v) is 3.45. The Hall–Kier alpha value is -3.32. The van der Waals surface area contributed by atoms with Crippen molar-refractivity contribution in [3.63, 3.8) is 0 Å². The normalized spacial score (nSPS) is 11.6. The summed E-state index contributed by atoms with van der Waals surface area (Å²) in [5.74, 6) is -2.72. The van der Waals surface area contributed by atoms with Crippen LogP contribution in [0.1, 0.15) is 27.0 Å². The van der Waals surface area contributed by atoms with Gasteiger partial charge in [0, 0.05) is 34.5 Å². The highest BCUT2D eigenvalue weighted by molar-refractivity contribution is 6.51. The summed E-state index contributed by atoms with van der Waals surface area (Å²) in [4.78, 5) is 25.3. The minimum absolute atomic E-state index is 0.0186. The van der Waals surface area contributed by atoms with Gasteiger partial charge >= 0.3 is 0 Å². The lowest BCUT2D eigenvalue weighted by atomic mass is 10.0. The zero-order valence-corrected chi connectivity index (χ0v) is 16.2. The number of rotatable bonds is 4. The van der Waals surface area contributed by atoms with Gasteiger partial charge < -0.3 is 5.21 Å². The van der Waals surface area contributed by atoms with Crippen molar-refractivity contribution < 1.29 is 18.8 Å². The fraction of sp³-hybridized carbons (Fsp3) is 0.0952. The summed E-state index contributed by atoms with van der Waals surface area (Å²) in [6.45, 7) is 3.54. The predicted octanol–water partition coefficient (Wildman–Crippen LogP) is 4.45. The van der Waals surface area contributed by atoms with E-state index >= 15 is 0 Å². The summed E-state index contributed by atoms with van der Waals surface area (Å²) < 4.78 is 28.5. The van der Waals surface area contributed by atoms with Crippen molar-refractivity contribution in [3.8, 4) is 5.69 Å². The van der Waals surface area contributed by atoms with Crippen molar-refractivity contribution in [2.75, 3.05) is 0 Å². The highest BCUT2D eigenvalue weighted by Gasteiger charge is 2.22. The summed E-state index contributed by atoms with van der Waals surface area (Å²) in [5.41, 5.74) is 0.572. The van der Waals surface area contributed by atoms with Gasteiger partial charge in [-0.05, 0) is 55.3 Å². The van der Waals surface area contributed by atoms with Gasteiger partial charge in [-0.3, -0.25) is 14.2 Å². The number of benzene rings is 2. The van der Waals surface area contributed by atoms with E-state index in [1.54, 1.807) is 26.0 Å². The van der Waals surface area contributed by atoms with Crippen LogP contribution < -0.4 is 5.56 Å². The number of carbonyl (C=O) groups excluding carboxylic acids is 1. The van der Waals surface area contributed by atoms with E-state index < -0.39 is 28.7 Å². The number of ketones is 1. The summed E-state index contributed by atoms with van der Waals surface area (Å²) >= 11 is 6.04. The van der Waals surface area contributed by atoms with Gasteiger partial charge in [0.1, 0.15) is 11.6 Å². The molecule has 0 bridgehead atoms. The van der Waals surface area contributed by atoms with Gasteiger partial charge in [0.2, 0.25) is 5.78 Å². The first-order chi connectivity index (χ1) is 13.7. The van der Waals surface area contributed by atoms with Crippen molar-refractivity contribution in [1.82, 2.24) is 4.57 Å². The molecule has 8 heteroatoms. The molecule has 3 aromatic rings. The van der Waals surface area contributed by atoms with Crippen LogP contribution in [0, 0.1) is 25.5 Å². The molecule has 0 saturated heterocycles. The number of aromatic nitrogens is 1. The summed E-state index contributed by atoms with van der Waals surface area (Å²) in [6.07, 6.45) is 1.28. The molecule has 0 amide bonds. The maximum Gasteiger partial charge on any atom is 0.255 e. The largest absolute Gasteiger partial charge is 0.410 e. The van der Waals surface area contributed by atoms with Crippen LogP contribution >= 0.6 is 11.6 Å². The van der Waals surface area contributed by atoms with Crippen LogP contribution in [0.5, 0.6) is 0 Å². The zero-order chi connectivity index (χ0) is 21.3. The molecule has 29 heavy (non-hydrogen) atoms. The number of hydrogen-bond acceptors (Lipinski definition) is 4. The highest BCUT2D eigenvalue weighted by atomic mass is 35.5.